The van der Waals surface area contributed by atoms with E-state index in [1.54, 1.807) is 0 Å². The van der Waals surface area contributed by atoms with Gasteiger partial charge in [-0.25, -0.2) is 17.6 Å². The fraction of sp³-hybridized carbons (Fsp3) is 0.500. The molecule has 0 spiro atoms. The molecule has 0 fully saturated rings. The fourth-order valence-corrected chi connectivity index (χ4v) is 1.93. The van der Waals surface area contributed by atoms with Crippen LogP contribution in [-0.2, 0) is 6.42 Å². The third-order valence-electron chi connectivity index (χ3n) is 2.52. The van der Waals surface area contributed by atoms with Crippen LogP contribution in [0.1, 0.15) is 18.9 Å². The summed E-state index contributed by atoms with van der Waals surface area (Å²) in [6, 6.07) is 1.03. The van der Waals surface area contributed by atoms with Crippen LogP contribution in [0, 0.1) is 11.6 Å². The highest BCUT2D eigenvalue weighted by molar-refractivity contribution is 9.10. The van der Waals surface area contributed by atoms with Gasteiger partial charge in [-0.3, -0.25) is 0 Å². The van der Waals surface area contributed by atoms with Gasteiger partial charge >= 0.3 is 0 Å². The van der Waals surface area contributed by atoms with Gasteiger partial charge in [0.2, 0.25) is 0 Å². The Balaban J connectivity index is 2.89. The lowest BCUT2D eigenvalue weighted by Gasteiger charge is -2.18. The molecule has 0 amide bonds. The predicted molar refractivity (Wildman–Crippen MR) is 65.8 cm³/mol. The first-order valence-corrected chi connectivity index (χ1v) is 6.40. The molecule has 0 heterocycles. The second-order valence-electron chi connectivity index (χ2n) is 3.92. The van der Waals surface area contributed by atoms with Gasteiger partial charge in [-0.05, 0) is 47.4 Å². The van der Waals surface area contributed by atoms with Gasteiger partial charge in [-0.15, -0.1) is 0 Å². The number of halogens is 5. The van der Waals surface area contributed by atoms with Crippen molar-refractivity contribution >= 4 is 15.9 Å². The van der Waals surface area contributed by atoms with Gasteiger partial charge in [-0.2, -0.15) is 0 Å². The van der Waals surface area contributed by atoms with Crippen LogP contribution in [0.25, 0.3) is 0 Å². The topological polar surface area (TPSA) is 12.0 Å². The van der Waals surface area contributed by atoms with Crippen LogP contribution in [0.4, 0.5) is 17.6 Å². The summed E-state index contributed by atoms with van der Waals surface area (Å²) in [6.45, 7) is 2.21. The summed E-state index contributed by atoms with van der Waals surface area (Å²) in [5, 5.41) is 2.59. The van der Waals surface area contributed by atoms with E-state index in [4.69, 9.17) is 0 Å². The molecule has 1 aromatic carbocycles. The van der Waals surface area contributed by atoms with E-state index in [9.17, 15) is 17.6 Å². The minimum absolute atomic E-state index is 0.0717. The molecule has 0 saturated carbocycles. The normalized spacial score (nSPS) is 13.1. The minimum Gasteiger partial charge on any atom is -0.309 e. The molecule has 1 rings (SSSR count). The Morgan fingerprint density at radius 3 is 2.50 bits per heavy atom. The lowest BCUT2D eigenvalue weighted by molar-refractivity contribution is 0.0975. The van der Waals surface area contributed by atoms with Gasteiger partial charge in [0.1, 0.15) is 11.6 Å². The molecule has 0 saturated heterocycles. The van der Waals surface area contributed by atoms with Crippen LogP contribution in [0.15, 0.2) is 16.6 Å². The summed E-state index contributed by atoms with van der Waals surface area (Å²) in [7, 11) is 0. The fourth-order valence-electron chi connectivity index (χ4n) is 1.56. The van der Waals surface area contributed by atoms with Gasteiger partial charge in [0, 0.05) is 5.56 Å². The summed E-state index contributed by atoms with van der Waals surface area (Å²) < 4.78 is 52.7. The van der Waals surface area contributed by atoms with Gasteiger partial charge in [0.05, 0.1) is 10.5 Å². The van der Waals surface area contributed by atoms with Crippen molar-refractivity contribution in [3.63, 3.8) is 0 Å². The van der Waals surface area contributed by atoms with Crippen molar-refractivity contribution in [1.29, 1.82) is 0 Å². The highest BCUT2D eigenvalue weighted by Crippen LogP contribution is 2.23. The third kappa shape index (κ3) is 3.95. The van der Waals surface area contributed by atoms with Crippen molar-refractivity contribution in [3.8, 4) is 0 Å². The maximum absolute atomic E-state index is 13.6. The molecule has 102 valence electrons. The Bertz CT molecular complexity index is 398. The highest BCUT2D eigenvalue weighted by atomic mass is 79.9. The quantitative estimate of drug-likeness (QED) is 0.617. The molecule has 0 aliphatic rings. The standard InChI is InChI=1S/C12H14BrF4N/c1-2-5-18-10(12(16)17)6-7-9(14)4-3-8(13)11(7)15/h3-4,10,12,18H,2,5-6H2,1H3. The molecule has 1 N–H and O–H groups in total. The highest BCUT2D eigenvalue weighted by Gasteiger charge is 2.24. The van der Waals surface area contributed by atoms with Crippen molar-refractivity contribution in [1.82, 2.24) is 5.32 Å². The zero-order valence-corrected chi connectivity index (χ0v) is 11.4. The predicted octanol–water partition coefficient (Wildman–Crippen LogP) is 3.90. The van der Waals surface area contributed by atoms with E-state index in [-0.39, 0.29) is 16.5 Å². The lowest BCUT2D eigenvalue weighted by Crippen LogP contribution is -2.38. The number of hydrogen-bond acceptors (Lipinski definition) is 1. The van der Waals surface area contributed by atoms with Crippen molar-refractivity contribution in [2.24, 2.45) is 0 Å². The third-order valence-corrected chi connectivity index (χ3v) is 3.14. The van der Waals surface area contributed by atoms with Crippen molar-refractivity contribution in [2.75, 3.05) is 6.54 Å². The SMILES string of the molecule is CCCNC(Cc1c(F)ccc(Br)c1F)C(F)F. The molecule has 1 atom stereocenters. The number of hydrogen-bond donors (Lipinski definition) is 1. The van der Waals surface area contributed by atoms with Crippen LogP contribution in [0.2, 0.25) is 0 Å². The Kier molecular flexibility index (Phi) is 6.08. The monoisotopic (exact) mass is 327 g/mol. The molecule has 1 nitrogen and oxygen atoms in total. The summed E-state index contributed by atoms with van der Waals surface area (Å²) in [5.41, 5.74) is -0.321. The summed E-state index contributed by atoms with van der Waals surface area (Å²) in [4.78, 5) is 0. The molecule has 1 unspecified atom stereocenters. The number of benzene rings is 1. The molecule has 0 aliphatic carbocycles. The van der Waals surface area contributed by atoms with Crippen molar-refractivity contribution in [3.05, 3.63) is 33.8 Å². The van der Waals surface area contributed by atoms with Gasteiger partial charge in [0.15, 0.2) is 0 Å². The van der Waals surface area contributed by atoms with E-state index in [2.05, 4.69) is 21.2 Å². The van der Waals surface area contributed by atoms with E-state index in [1.807, 2.05) is 6.92 Å². The second-order valence-corrected chi connectivity index (χ2v) is 4.78. The Morgan fingerprint density at radius 2 is 1.94 bits per heavy atom. The molecular weight excluding hydrogens is 314 g/mol. The first-order chi connectivity index (χ1) is 8.47. The molecule has 0 aromatic heterocycles. The van der Waals surface area contributed by atoms with Crippen molar-refractivity contribution < 1.29 is 17.6 Å². The van der Waals surface area contributed by atoms with E-state index in [0.717, 1.165) is 6.07 Å². The summed E-state index contributed by atoms with van der Waals surface area (Å²) in [5.74, 6) is -1.63. The van der Waals surface area contributed by atoms with Crippen LogP contribution in [0.3, 0.4) is 0 Å². The Labute approximate surface area is 112 Å². The number of alkyl halides is 2. The van der Waals surface area contributed by atoms with Gasteiger partial charge in [-0.1, -0.05) is 6.92 Å². The average molecular weight is 328 g/mol. The van der Waals surface area contributed by atoms with E-state index in [1.165, 1.54) is 6.07 Å². The molecule has 6 heteroatoms. The first-order valence-electron chi connectivity index (χ1n) is 5.61. The molecule has 0 bridgehead atoms. The minimum atomic E-state index is -2.67. The molecule has 0 radical (unpaired) electrons. The Morgan fingerprint density at radius 1 is 1.28 bits per heavy atom. The zero-order valence-electron chi connectivity index (χ0n) is 9.82. The van der Waals surface area contributed by atoms with Crippen LogP contribution in [0.5, 0.6) is 0 Å². The first kappa shape index (κ1) is 15.4. The second kappa shape index (κ2) is 7.09. The Hall–Kier alpha value is -0.620. The molecular formula is C12H14BrF4N. The summed E-state index contributed by atoms with van der Waals surface area (Å²) >= 11 is 2.91. The van der Waals surface area contributed by atoms with Gasteiger partial charge < -0.3 is 5.32 Å². The molecule has 18 heavy (non-hydrogen) atoms. The maximum atomic E-state index is 13.6. The molecule has 0 aliphatic heterocycles. The van der Waals surface area contributed by atoms with Crippen LogP contribution in [-0.4, -0.2) is 19.0 Å². The van der Waals surface area contributed by atoms with Crippen molar-refractivity contribution in [2.45, 2.75) is 32.2 Å². The van der Waals surface area contributed by atoms with E-state index >= 15 is 0 Å². The van der Waals surface area contributed by atoms with E-state index < -0.39 is 24.1 Å². The average Bonchev–Trinajstić information content (AvgIpc) is 2.33. The van der Waals surface area contributed by atoms with Gasteiger partial charge in [0.25, 0.3) is 6.43 Å². The lowest BCUT2D eigenvalue weighted by atomic mass is 10.0. The zero-order chi connectivity index (χ0) is 13.7. The number of nitrogens with one attached hydrogen (secondary N) is 1. The van der Waals surface area contributed by atoms with Crippen LogP contribution >= 0.6 is 15.9 Å². The van der Waals surface area contributed by atoms with Crippen LogP contribution < -0.4 is 5.32 Å². The summed E-state index contributed by atoms with van der Waals surface area (Å²) in [6.07, 6.45) is -2.38. The van der Waals surface area contributed by atoms with E-state index in [0.29, 0.717) is 13.0 Å². The maximum Gasteiger partial charge on any atom is 0.254 e. The number of rotatable bonds is 6. The molecule has 1 aromatic rings. The largest absolute Gasteiger partial charge is 0.309 e. The smallest absolute Gasteiger partial charge is 0.254 e.